The highest BCUT2D eigenvalue weighted by Crippen LogP contribution is 2.30. The van der Waals surface area contributed by atoms with Gasteiger partial charge in [-0.15, -0.1) is 0 Å². The topological polar surface area (TPSA) is 54.3 Å². The molecule has 0 bridgehead atoms. The zero-order chi connectivity index (χ0) is 14.7. The predicted molar refractivity (Wildman–Crippen MR) is 83.3 cm³/mol. The maximum atomic E-state index is 11.8. The van der Waals surface area contributed by atoms with Gasteiger partial charge in [-0.3, -0.25) is 4.79 Å². The van der Waals surface area contributed by atoms with Gasteiger partial charge in [-0.05, 0) is 50.1 Å². The van der Waals surface area contributed by atoms with Gasteiger partial charge in [0.05, 0.1) is 6.26 Å². The third-order valence-electron chi connectivity index (χ3n) is 3.58. The van der Waals surface area contributed by atoms with Crippen molar-refractivity contribution in [3.05, 3.63) is 48.4 Å². The molecular weight excluding hydrogens is 264 g/mol. The fourth-order valence-electron chi connectivity index (χ4n) is 2.34. The van der Waals surface area contributed by atoms with E-state index >= 15 is 0 Å². The summed E-state index contributed by atoms with van der Waals surface area (Å²) in [6.07, 6.45) is 4.55. The van der Waals surface area contributed by atoms with Crippen molar-refractivity contribution in [3.8, 4) is 0 Å². The van der Waals surface area contributed by atoms with Crippen LogP contribution in [0.1, 0.15) is 25.5 Å². The van der Waals surface area contributed by atoms with Crippen LogP contribution in [0.2, 0.25) is 0 Å². The number of amides is 1. The molecule has 110 valence electrons. The van der Waals surface area contributed by atoms with Gasteiger partial charge in [-0.25, -0.2) is 0 Å². The van der Waals surface area contributed by atoms with E-state index in [1.165, 1.54) is 0 Å². The molecule has 1 fully saturated rings. The Morgan fingerprint density at radius 1 is 1.29 bits per heavy atom. The van der Waals surface area contributed by atoms with Crippen LogP contribution in [0.5, 0.6) is 0 Å². The summed E-state index contributed by atoms with van der Waals surface area (Å²) in [5, 5.41) is 6.39. The molecule has 1 unspecified atom stereocenters. The number of furan rings is 1. The fraction of sp³-hybridized carbons (Fsp3) is 0.353. The highest BCUT2D eigenvalue weighted by Gasteiger charge is 2.29. The van der Waals surface area contributed by atoms with Gasteiger partial charge in [0.15, 0.2) is 0 Å². The number of benzene rings is 1. The van der Waals surface area contributed by atoms with Gasteiger partial charge in [-0.1, -0.05) is 6.07 Å². The molecule has 1 aliphatic carbocycles. The second kappa shape index (κ2) is 6.04. The van der Waals surface area contributed by atoms with Crippen LogP contribution < -0.4 is 10.6 Å². The van der Waals surface area contributed by atoms with Crippen molar-refractivity contribution in [2.24, 2.45) is 5.92 Å². The first-order valence-corrected chi connectivity index (χ1v) is 7.40. The smallest absolute Gasteiger partial charge is 0.227 e. The van der Waals surface area contributed by atoms with Crippen molar-refractivity contribution in [2.75, 3.05) is 10.6 Å². The molecule has 2 N–H and O–H groups in total. The van der Waals surface area contributed by atoms with Crippen LogP contribution in [0.25, 0.3) is 0 Å². The van der Waals surface area contributed by atoms with E-state index in [0.717, 1.165) is 36.4 Å². The maximum Gasteiger partial charge on any atom is 0.227 e. The van der Waals surface area contributed by atoms with Gasteiger partial charge in [0, 0.05) is 29.8 Å². The third-order valence-corrected chi connectivity index (χ3v) is 3.58. The largest absolute Gasteiger partial charge is 0.469 e. The van der Waals surface area contributed by atoms with Crippen molar-refractivity contribution in [1.82, 2.24) is 0 Å². The molecule has 1 saturated carbocycles. The predicted octanol–water partition coefficient (Wildman–Crippen LogP) is 3.67. The van der Waals surface area contributed by atoms with Gasteiger partial charge in [0.25, 0.3) is 0 Å². The second-order valence-electron chi connectivity index (χ2n) is 5.67. The highest BCUT2D eigenvalue weighted by atomic mass is 16.3. The lowest BCUT2D eigenvalue weighted by atomic mass is 10.2. The molecule has 0 saturated heterocycles. The van der Waals surface area contributed by atoms with Crippen molar-refractivity contribution < 1.29 is 9.21 Å². The van der Waals surface area contributed by atoms with E-state index in [-0.39, 0.29) is 17.9 Å². The summed E-state index contributed by atoms with van der Waals surface area (Å²) >= 11 is 0. The van der Waals surface area contributed by atoms with E-state index in [2.05, 4.69) is 17.6 Å². The van der Waals surface area contributed by atoms with Crippen LogP contribution in [0, 0.1) is 5.92 Å². The van der Waals surface area contributed by atoms with Gasteiger partial charge in [0.2, 0.25) is 5.91 Å². The lowest BCUT2D eigenvalue weighted by Crippen LogP contribution is -2.18. The molecule has 0 spiro atoms. The summed E-state index contributed by atoms with van der Waals surface area (Å²) in [6, 6.07) is 12.0. The summed E-state index contributed by atoms with van der Waals surface area (Å²) in [6.45, 7) is 2.11. The summed E-state index contributed by atoms with van der Waals surface area (Å²) in [7, 11) is 0. The van der Waals surface area contributed by atoms with E-state index in [1.807, 2.05) is 36.4 Å². The second-order valence-corrected chi connectivity index (χ2v) is 5.67. The lowest BCUT2D eigenvalue weighted by Gasteiger charge is -2.15. The van der Waals surface area contributed by atoms with Gasteiger partial charge in [-0.2, -0.15) is 0 Å². The first kappa shape index (κ1) is 13.7. The number of hydrogen-bond acceptors (Lipinski definition) is 3. The number of hydrogen-bond donors (Lipinski definition) is 2. The van der Waals surface area contributed by atoms with E-state index in [9.17, 15) is 4.79 Å². The average molecular weight is 284 g/mol. The monoisotopic (exact) mass is 284 g/mol. The SMILES string of the molecule is CC(Cc1ccco1)Nc1cccc(NC(=O)C2CC2)c1. The molecule has 0 aliphatic heterocycles. The number of carbonyl (C=O) groups is 1. The van der Waals surface area contributed by atoms with Gasteiger partial charge >= 0.3 is 0 Å². The Morgan fingerprint density at radius 2 is 2.10 bits per heavy atom. The zero-order valence-electron chi connectivity index (χ0n) is 12.1. The molecule has 3 rings (SSSR count). The quantitative estimate of drug-likeness (QED) is 0.851. The van der Waals surface area contributed by atoms with Gasteiger partial charge < -0.3 is 15.1 Å². The molecule has 4 nitrogen and oxygen atoms in total. The number of nitrogens with one attached hydrogen (secondary N) is 2. The fourth-order valence-corrected chi connectivity index (χ4v) is 2.34. The van der Waals surface area contributed by atoms with Crippen molar-refractivity contribution in [2.45, 2.75) is 32.2 Å². The summed E-state index contributed by atoms with van der Waals surface area (Å²) in [5.41, 5.74) is 1.85. The minimum atomic E-state index is 0.135. The molecular formula is C17H20N2O2. The van der Waals surface area contributed by atoms with Crippen LogP contribution in [0.15, 0.2) is 47.1 Å². The third kappa shape index (κ3) is 3.88. The molecule has 1 atom stereocenters. The minimum Gasteiger partial charge on any atom is -0.469 e. The van der Waals surface area contributed by atoms with Crippen LogP contribution in [0.4, 0.5) is 11.4 Å². The molecule has 21 heavy (non-hydrogen) atoms. The number of carbonyl (C=O) groups excluding carboxylic acids is 1. The maximum absolute atomic E-state index is 11.8. The molecule has 1 heterocycles. The zero-order valence-corrected chi connectivity index (χ0v) is 12.1. The van der Waals surface area contributed by atoms with Gasteiger partial charge in [0.1, 0.15) is 5.76 Å². The Morgan fingerprint density at radius 3 is 2.81 bits per heavy atom. The van der Waals surface area contributed by atoms with E-state index < -0.39 is 0 Å². The molecule has 1 aliphatic rings. The number of rotatable bonds is 6. The molecule has 2 aromatic rings. The van der Waals surface area contributed by atoms with Crippen molar-refractivity contribution >= 4 is 17.3 Å². The Bertz CT molecular complexity index is 603. The molecule has 1 aromatic heterocycles. The normalized spacial score (nSPS) is 15.5. The average Bonchev–Trinajstić information content (AvgIpc) is 3.19. The minimum absolute atomic E-state index is 0.135. The van der Waals surface area contributed by atoms with Crippen LogP contribution in [-0.2, 0) is 11.2 Å². The Labute approximate surface area is 124 Å². The van der Waals surface area contributed by atoms with Crippen molar-refractivity contribution in [1.29, 1.82) is 0 Å². The van der Waals surface area contributed by atoms with E-state index in [4.69, 9.17) is 4.42 Å². The Hall–Kier alpha value is -2.23. The molecule has 1 aromatic carbocycles. The highest BCUT2D eigenvalue weighted by molar-refractivity contribution is 5.94. The molecule has 0 radical (unpaired) electrons. The Balaban J connectivity index is 1.58. The summed E-state index contributed by atoms with van der Waals surface area (Å²) in [4.78, 5) is 11.8. The molecule has 4 heteroatoms. The summed E-state index contributed by atoms with van der Waals surface area (Å²) < 4.78 is 5.35. The van der Waals surface area contributed by atoms with Crippen LogP contribution in [-0.4, -0.2) is 11.9 Å². The van der Waals surface area contributed by atoms with Crippen molar-refractivity contribution in [3.63, 3.8) is 0 Å². The Kier molecular flexibility index (Phi) is 3.95. The van der Waals surface area contributed by atoms with E-state index in [0.29, 0.717) is 0 Å². The first-order chi connectivity index (χ1) is 10.2. The van der Waals surface area contributed by atoms with Crippen LogP contribution in [0.3, 0.4) is 0 Å². The standard InChI is InChI=1S/C17H20N2O2/c1-12(10-16-6-3-9-21-16)18-14-4-2-5-15(11-14)19-17(20)13-7-8-13/h2-6,9,11-13,18H,7-8,10H2,1H3,(H,19,20). The molecule has 1 amide bonds. The first-order valence-electron chi connectivity index (χ1n) is 7.40. The van der Waals surface area contributed by atoms with Crippen LogP contribution >= 0.6 is 0 Å². The number of anilines is 2. The lowest BCUT2D eigenvalue weighted by molar-refractivity contribution is -0.117. The van der Waals surface area contributed by atoms with E-state index in [1.54, 1.807) is 6.26 Å². The summed E-state index contributed by atoms with van der Waals surface area (Å²) in [5.74, 6) is 1.32.